The second-order valence-corrected chi connectivity index (χ2v) is 5.03. The molecule has 0 aromatic heterocycles. The molecule has 5 heteroatoms. The van der Waals surface area contributed by atoms with Crippen molar-refractivity contribution >= 4 is 5.97 Å². The number of carbonyl (C=O) groups is 1. The van der Waals surface area contributed by atoms with E-state index in [9.17, 15) is 4.79 Å². The predicted octanol–water partition coefficient (Wildman–Crippen LogP) is 1.58. The number of nitrogens with zero attached hydrogens (tertiary/aromatic N) is 1. The number of ether oxygens (including phenoxy) is 2. The van der Waals surface area contributed by atoms with E-state index in [1.807, 2.05) is 17.0 Å². The fourth-order valence-electron chi connectivity index (χ4n) is 2.61. The lowest BCUT2D eigenvalue weighted by atomic mass is 10.0. The second-order valence-electron chi connectivity index (χ2n) is 5.03. The average molecular weight is 279 g/mol. The standard InChI is InChI=1S/C15H21NO4/c1-10(15(17)18)16-6-4-11-8-13(19-2)14(20-3)9-12(11)5-7-16/h8-10H,4-7H2,1-3H3,(H,17,18)/t10-/m1/s1. The van der Waals surface area contributed by atoms with E-state index in [1.165, 1.54) is 11.1 Å². The minimum Gasteiger partial charge on any atom is -0.493 e. The van der Waals surface area contributed by atoms with Crippen molar-refractivity contribution in [3.05, 3.63) is 23.3 Å². The summed E-state index contributed by atoms with van der Waals surface area (Å²) in [6.45, 7) is 3.23. The maximum Gasteiger partial charge on any atom is 0.320 e. The maximum absolute atomic E-state index is 11.1. The Morgan fingerprint density at radius 1 is 1.15 bits per heavy atom. The quantitative estimate of drug-likeness (QED) is 0.906. The molecule has 0 radical (unpaired) electrons. The molecule has 110 valence electrons. The number of methoxy groups -OCH3 is 2. The molecule has 1 N–H and O–H groups in total. The normalized spacial score (nSPS) is 16.9. The Kier molecular flexibility index (Phi) is 4.49. The number of benzene rings is 1. The summed E-state index contributed by atoms with van der Waals surface area (Å²) in [5.74, 6) is 0.683. The third kappa shape index (κ3) is 2.88. The molecule has 0 bridgehead atoms. The van der Waals surface area contributed by atoms with E-state index in [-0.39, 0.29) is 0 Å². The van der Waals surface area contributed by atoms with E-state index in [0.29, 0.717) is 0 Å². The van der Waals surface area contributed by atoms with Gasteiger partial charge in [0.2, 0.25) is 0 Å². The van der Waals surface area contributed by atoms with Crippen molar-refractivity contribution in [2.24, 2.45) is 0 Å². The van der Waals surface area contributed by atoms with Gasteiger partial charge >= 0.3 is 5.97 Å². The van der Waals surface area contributed by atoms with Gasteiger partial charge < -0.3 is 14.6 Å². The van der Waals surface area contributed by atoms with Gasteiger partial charge in [-0.05, 0) is 43.0 Å². The van der Waals surface area contributed by atoms with Gasteiger partial charge in [0, 0.05) is 13.1 Å². The van der Waals surface area contributed by atoms with Gasteiger partial charge in [0.25, 0.3) is 0 Å². The first-order valence-electron chi connectivity index (χ1n) is 6.77. The second kappa shape index (κ2) is 6.13. The summed E-state index contributed by atoms with van der Waals surface area (Å²) >= 11 is 0. The molecule has 0 amide bonds. The third-order valence-corrected chi connectivity index (χ3v) is 3.95. The predicted molar refractivity (Wildman–Crippen MR) is 75.6 cm³/mol. The van der Waals surface area contributed by atoms with Crippen LogP contribution in [0.15, 0.2) is 12.1 Å². The minimum atomic E-state index is -0.772. The van der Waals surface area contributed by atoms with E-state index in [0.717, 1.165) is 37.4 Å². The molecular formula is C15H21NO4. The van der Waals surface area contributed by atoms with Crippen LogP contribution < -0.4 is 9.47 Å². The van der Waals surface area contributed by atoms with Crippen LogP contribution in [-0.2, 0) is 17.6 Å². The first-order chi connectivity index (χ1) is 9.56. The maximum atomic E-state index is 11.1. The van der Waals surface area contributed by atoms with Crippen molar-refractivity contribution in [3.63, 3.8) is 0 Å². The SMILES string of the molecule is COc1cc2c(cc1OC)CCN([C@H](C)C(=O)O)CC2. The Balaban J connectivity index is 2.23. The third-order valence-electron chi connectivity index (χ3n) is 3.95. The van der Waals surface area contributed by atoms with E-state index in [2.05, 4.69) is 0 Å². The van der Waals surface area contributed by atoms with Crippen LogP contribution >= 0.6 is 0 Å². The number of aliphatic carboxylic acids is 1. The zero-order valence-electron chi connectivity index (χ0n) is 12.2. The highest BCUT2D eigenvalue weighted by Crippen LogP contribution is 2.32. The fourth-order valence-corrected chi connectivity index (χ4v) is 2.61. The van der Waals surface area contributed by atoms with Crippen molar-refractivity contribution in [1.29, 1.82) is 0 Å². The zero-order chi connectivity index (χ0) is 14.7. The summed E-state index contributed by atoms with van der Waals surface area (Å²) in [5.41, 5.74) is 2.42. The molecule has 1 heterocycles. The Morgan fingerprint density at radius 3 is 1.95 bits per heavy atom. The highest BCUT2D eigenvalue weighted by Gasteiger charge is 2.24. The topological polar surface area (TPSA) is 59.0 Å². The molecule has 0 unspecified atom stereocenters. The first-order valence-corrected chi connectivity index (χ1v) is 6.77. The lowest BCUT2D eigenvalue weighted by Crippen LogP contribution is -2.40. The van der Waals surface area contributed by atoms with Crippen LogP contribution in [0.3, 0.4) is 0 Å². The minimum absolute atomic E-state index is 0.451. The Hall–Kier alpha value is -1.75. The van der Waals surface area contributed by atoms with Crippen LogP contribution in [-0.4, -0.2) is 49.3 Å². The zero-order valence-corrected chi connectivity index (χ0v) is 12.2. The number of carboxylic acids is 1. The summed E-state index contributed by atoms with van der Waals surface area (Å²) in [4.78, 5) is 13.1. The summed E-state index contributed by atoms with van der Waals surface area (Å²) in [5, 5.41) is 9.13. The van der Waals surface area contributed by atoms with Crippen molar-refractivity contribution in [3.8, 4) is 11.5 Å². The summed E-state index contributed by atoms with van der Waals surface area (Å²) in [6.07, 6.45) is 1.65. The Labute approximate surface area is 119 Å². The lowest BCUT2D eigenvalue weighted by Gasteiger charge is -2.23. The molecule has 1 aliphatic rings. The largest absolute Gasteiger partial charge is 0.493 e. The van der Waals surface area contributed by atoms with Crippen LogP contribution in [0.4, 0.5) is 0 Å². The monoisotopic (exact) mass is 279 g/mol. The highest BCUT2D eigenvalue weighted by atomic mass is 16.5. The van der Waals surface area contributed by atoms with E-state index in [1.54, 1.807) is 21.1 Å². The van der Waals surface area contributed by atoms with Crippen molar-refractivity contribution in [1.82, 2.24) is 4.90 Å². The van der Waals surface area contributed by atoms with Gasteiger partial charge in [0.1, 0.15) is 6.04 Å². The fraction of sp³-hybridized carbons (Fsp3) is 0.533. The summed E-state index contributed by atoms with van der Waals surface area (Å²) in [7, 11) is 3.25. The van der Waals surface area contributed by atoms with Gasteiger partial charge in [-0.15, -0.1) is 0 Å². The van der Waals surface area contributed by atoms with E-state index in [4.69, 9.17) is 14.6 Å². The molecule has 2 rings (SSSR count). The van der Waals surface area contributed by atoms with Gasteiger partial charge in [-0.2, -0.15) is 0 Å². The lowest BCUT2D eigenvalue weighted by molar-refractivity contribution is -0.142. The molecule has 5 nitrogen and oxygen atoms in total. The van der Waals surface area contributed by atoms with Crippen molar-refractivity contribution in [2.75, 3.05) is 27.3 Å². The van der Waals surface area contributed by atoms with Crippen molar-refractivity contribution < 1.29 is 19.4 Å². The smallest absolute Gasteiger partial charge is 0.320 e. The van der Waals surface area contributed by atoms with Crippen LogP contribution in [0.2, 0.25) is 0 Å². The van der Waals surface area contributed by atoms with Crippen LogP contribution in [0.1, 0.15) is 18.1 Å². The van der Waals surface area contributed by atoms with Gasteiger partial charge in [-0.25, -0.2) is 0 Å². The van der Waals surface area contributed by atoms with Gasteiger partial charge in [0.15, 0.2) is 11.5 Å². The number of hydrogen-bond acceptors (Lipinski definition) is 4. The molecule has 20 heavy (non-hydrogen) atoms. The van der Waals surface area contributed by atoms with Gasteiger partial charge in [-0.3, -0.25) is 9.69 Å². The van der Waals surface area contributed by atoms with Crippen LogP contribution in [0, 0.1) is 0 Å². The van der Waals surface area contributed by atoms with Gasteiger partial charge in [0.05, 0.1) is 14.2 Å². The molecule has 1 atom stereocenters. The Bertz CT molecular complexity index is 466. The molecule has 1 aromatic rings. The van der Waals surface area contributed by atoms with Crippen molar-refractivity contribution in [2.45, 2.75) is 25.8 Å². The van der Waals surface area contributed by atoms with E-state index < -0.39 is 12.0 Å². The molecule has 0 spiro atoms. The van der Waals surface area contributed by atoms with Gasteiger partial charge in [-0.1, -0.05) is 0 Å². The Morgan fingerprint density at radius 2 is 1.60 bits per heavy atom. The highest BCUT2D eigenvalue weighted by molar-refractivity contribution is 5.72. The number of carboxylic acid groups (broad SMARTS) is 1. The van der Waals surface area contributed by atoms with Crippen LogP contribution in [0.25, 0.3) is 0 Å². The number of rotatable bonds is 4. The average Bonchev–Trinajstić information content (AvgIpc) is 2.66. The van der Waals surface area contributed by atoms with E-state index >= 15 is 0 Å². The summed E-state index contributed by atoms with van der Waals surface area (Å²) < 4.78 is 10.6. The van der Waals surface area contributed by atoms with Crippen LogP contribution in [0.5, 0.6) is 11.5 Å². The molecule has 0 saturated heterocycles. The first kappa shape index (κ1) is 14.7. The molecule has 0 saturated carbocycles. The number of hydrogen-bond donors (Lipinski definition) is 1. The molecule has 0 fully saturated rings. The molecule has 1 aromatic carbocycles. The number of fused-ring (bicyclic) bond motifs is 1. The summed E-state index contributed by atoms with van der Waals surface area (Å²) in [6, 6.07) is 3.56. The molecule has 0 aliphatic carbocycles. The molecule has 1 aliphatic heterocycles. The molecular weight excluding hydrogens is 258 g/mol.